The molecular formula is C14H13BrN2O3S. The average molecular weight is 369 g/mol. The minimum absolute atomic E-state index is 0.134. The molecule has 2 aromatic carbocycles. The highest BCUT2D eigenvalue weighted by Gasteiger charge is 2.11. The third-order valence-corrected chi connectivity index (χ3v) is 4.30. The largest absolute Gasteiger partial charge is 0.457 e. The second-order valence-corrected chi connectivity index (χ2v) is 7.33. The lowest BCUT2D eigenvalue weighted by Crippen LogP contribution is -2.12. The highest BCUT2D eigenvalue weighted by molar-refractivity contribution is 9.10. The van der Waals surface area contributed by atoms with Gasteiger partial charge >= 0.3 is 0 Å². The Balaban J connectivity index is 2.41. The number of nitrogens with two attached hydrogens (primary N) is 1. The van der Waals surface area contributed by atoms with E-state index in [2.05, 4.69) is 15.9 Å². The molecule has 0 fully saturated rings. The maximum absolute atomic E-state index is 11.5. The number of hydrogen-bond acceptors (Lipinski definition) is 4. The summed E-state index contributed by atoms with van der Waals surface area (Å²) in [5.74, 6) is 0.615. The Bertz CT molecular complexity index is 804. The molecule has 0 aliphatic heterocycles. The molecule has 5 nitrogen and oxygen atoms in total. The lowest BCUT2D eigenvalue weighted by atomic mass is 10.2. The quantitative estimate of drug-likeness (QED) is 0.640. The fraction of sp³-hybridized carbons (Fsp3) is 0.0714. The first-order valence-corrected chi connectivity index (χ1v) is 8.58. The van der Waals surface area contributed by atoms with Crippen molar-refractivity contribution in [3.63, 3.8) is 0 Å². The molecule has 0 unspecified atom stereocenters. The summed E-state index contributed by atoms with van der Waals surface area (Å²) in [6, 6.07) is 11.2. The van der Waals surface area contributed by atoms with Crippen LogP contribution in [-0.4, -0.2) is 20.5 Å². The molecule has 0 aliphatic carbocycles. The molecule has 2 rings (SSSR count). The lowest BCUT2D eigenvalue weighted by molar-refractivity contribution is 0.479. The number of amidine groups is 1. The summed E-state index contributed by atoms with van der Waals surface area (Å²) in [6.45, 7) is 0. The monoisotopic (exact) mass is 368 g/mol. The highest BCUT2D eigenvalue weighted by Crippen LogP contribution is 2.29. The molecule has 7 heteroatoms. The van der Waals surface area contributed by atoms with Crippen molar-refractivity contribution in [1.29, 1.82) is 5.41 Å². The molecular weight excluding hydrogens is 356 g/mol. The van der Waals surface area contributed by atoms with Crippen molar-refractivity contribution in [2.75, 3.05) is 6.26 Å². The van der Waals surface area contributed by atoms with Crippen LogP contribution in [0.15, 0.2) is 51.8 Å². The van der Waals surface area contributed by atoms with E-state index in [1.54, 1.807) is 30.3 Å². The molecule has 0 aliphatic rings. The summed E-state index contributed by atoms with van der Waals surface area (Å²) in [5.41, 5.74) is 5.95. The van der Waals surface area contributed by atoms with Gasteiger partial charge in [0.05, 0.1) is 10.5 Å². The van der Waals surface area contributed by atoms with Gasteiger partial charge in [0.25, 0.3) is 0 Å². The van der Waals surface area contributed by atoms with Crippen LogP contribution in [0.3, 0.4) is 0 Å². The molecule has 0 bridgehead atoms. The first-order valence-electron chi connectivity index (χ1n) is 5.89. The van der Waals surface area contributed by atoms with Crippen LogP contribution in [-0.2, 0) is 9.84 Å². The zero-order valence-electron chi connectivity index (χ0n) is 11.1. The number of nitrogen functional groups attached to an aromatic ring is 1. The normalized spacial score (nSPS) is 11.1. The maximum Gasteiger partial charge on any atom is 0.175 e. The predicted octanol–water partition coefficient (Wildman–Crippen LogP) is 2.93. The van der Waals surface area contributed by atoms with E-state index in [0.717, 1.165) is 10.7 Å². The van der Waals surface area contributed by atoms with Crippen molar-refractivity contribution in [2.24, 2.45) is 5.73 Å². The number of halogens is 1. The Morgan fingerprint density at radius 1 is 1.24 bits per heavy atom. The van der Waals surface area contributed by atoms with E-state index in [0.29, 0.717) is 17.1 Å². The maximum atomic E-state index is 11.5. The van der Waals surface area contributed by atoms with Crippen LogP contribution in [0.25, 0.3) is 0 Å². The van der Waals surface area contributed by atoms with Crippen LogP contribution in [0.4, 0.5) is 0 Å². The summed E-state index contributed by atoms with van der Waals surface area (Å²) in [6.07, 6.45) is 1.13. The van der Waals surface area contributed by atoms with Crippen LogP contribution in [0.2, 0.25) is 0 Å². The van der Waals surface area contributed by atoms with Crippen LogP contribution in [0, 0.1) is 5.41 Å². The Morgan fingerprint density at radius 3 is 2.57 bits per heavy atom. The zero-order valence-corrected chi connectivity index (χ0v) is 13.5. The molecule has 21 heavy (non-hydrogen) atoms. The molecule has 2 aromatic rings. The SMILES string of the molecule is CS(=O)(=O)c1cccc(Oc2ccc(Br)cc2C(=N)N)c1. The molecule has 0 atom stereocenters. The molecule has 0 radical (unpaired) electrons. The van der Waals surface area contributed by atoms with Crippen LogP contribution < -0.4 is 10.5 Å². The lowest BCUT2D eigenvalue weighted by Gasteiger charge is -2.11. The minimum atomic E-state index is -3.31. The van der Waals surface area contributed by atoms with Crippen molar-refractivity contribution >= 4 is 31.6 Å². The number of ether oxygens (including phenoxy) is 1. The molecule has 0 aromatic heterocycles. The number of nitrogens with one attached hydrogen (secondary N) is 1. The van der Waals surface area contributed by atoms with Gasteiger partial charge in [-0.1, -0.05) is 22.0 Å². The summed E-state index contributed by atoms with van der Waals surface area (Å²) in [7, 11) is -3.31. The molecule has 3 N–H and O–H groups in total. The van der Waals surface area contributed by atoms with Gasteiger partial charge in [-0.2, -0.15) is 0 Å². The van der Waals surface area contributed by atoms with Gasteiger partial charge in [0.1, 0.15) is 17.3 Å². The van der Waals surface area contributed by atoms with Gasteiger partial charge in [-0.25, -0.2) is 8.42 Å². The third kappa shape index (κ3) is 3.83. The van der Waals surface area contributed by atoms with E-state index >= 15 is 0 Å². The highest BCUT2D eigenvalue weighted by atomic mass is 79.9. The van der Waals surface area contributed by atoms with Gasteiger partial charge in [-0.05, 0) is 36.4 Å². The van der Waals surface area contributed by atoms with Crippen LogP contribution in [0.5, 0.6) is 11.5 Å². The molecule has 0 amide bonds. The molecule has 110 valence electrons. The van der Waals surface area contributed by atoms with E-state index in [1.807, 2.05) is 0 Å². The van der Waals surface area contributed by atoms with E-state index in [4.69, 9.17) is 15.9 Å². The summed E-state index contributed by atoms with van der Waals surface area (Å²) >= 11 is 3.30. The van der Waals surface area contributed by atoms with Crippen molar-refractivity contribution in [3.05, 3.63) is 52.5 Å². The Morgan fingerprint density at radius 2 is 1.95 bits per heavy atom. The molecule has 0 heterocycles. The van der Waals surface area contributed by atoms with Crippen LogP contribution in [0.1, 0.15) is 5.56 Å². The van der Waals surface area contributed by atoms with Gasteiger partial charge in [0.15, 0.2) is 9.84 Å². The van der Waals surface area contributed by atoms with E-state index < -0.39 is 9.84 Å². The Labute approximate surface area is 131 Å². The van der Waals surface area contributed by atoms with Crippen molar-refractivity contribution in [3.8, 4) is 11.5 Å². The minimum Gasteiger partial charge on any atom is -0.457 e. The van der Waals surface area contributed by atoms with Gasteiger partial charge in [-0.15, -0.1) is 0 Å². The first kappa shape index (κ1) is 15.5. The zero-order chi connectivity index (χ0) is 15.6. The number of benzene rings is 2. The van der Waals surface area contributed by atoms with Crippen molar-refractivity contribution in [1.82, 2.24) is 0 Å². The van der Waals surface area contributed by atoms with Crippen molar-refractivity contribution in [2.45, 2.75) is 4.90 Å². The van der Waals surface area contributed by atoms with Gasteiger partial charge in [0, 0.05) is 10.7 Å². The second kappa shape index (κ2) is 5.87. The fourth-order valence-corrected chi connectivity index (χ4v) is 2.71. The fourth-order valence-electron chi connectivity index (χ4n) is 1.70. The Kier molecular flexibility index (Phi) is 4.34. The summed E-state index contributed by atoms with van der Waals surface area (Å²) in [5, 5.41) is 7.56. The van der Waals surface area contributed by atoms with Gasteiger partial charge < -0.3 is 10.5 Å². The number of sulfone groups is 1. The van der Waals surface area contributed by atoms with E-state index in [9.17, 15) is 8.42 Å². The predicted molar refractivity (Wildman–Crippen MR) is 84.8 cm³/mol. The smallest absolute Gasteiger partial charge is 0.175 e. The van der Waals surface area contributed by atoms with Gasteiger partial charge in [-0.3, -0.25) is 5.41 Å². The van der Waals surface area contributed by atoms with E-state index in [1.165, 1.54) is 12.1 Å². The third-order valence-electron chi connectivity index (χ3n) is 2.69. The summed E-state index contributed by atoms with van der Waals surface area (Å²) in [4.78, 5) is 0.168. The van der Waals surface area contributed by atoms with Gasteiger partial charge in [0.2, 0.25) is 0 Å². The molecule has 0 saturated heterocycles. The van der Waals surface area contributed by atoms with Crippen molar-refractivity contribution < 1.29 is 13.2 Å². The van der Waals surface area contributed by atoms with E-state index in [-0.39, 0.29) is 10.7 Å². The van der Waals surface area contributed by atoms with Crippen LogP contribution >= 0.6 is 15.9 Å². The Hall–Kier alpha value is -1.86. The summed E-state index contributed by atoms with van der Waals surface area (Å²) < 4.78 is 29.5. The topological polar surface area (TPSA) is 93.2 Å². The first-order chi connectivity index (χ1) is 9.77. The number of hydrogen-bond donors (Lipinski definition) is 2. The second-order valence-electron chi connectivity index (χ2n) is 4.40. The standard InChI is InChI=1S/C14H13BrN2O3S/c1-21(18,19)11-4-2-3-10(8-11)20-13-6-5-9(15)7-12(13)14(16)17/h2-8H,1H3,(H3,16,17). The molecule has 0 spiro atoms. The average Bonchev–Trinajstić information content (AvgIpc) is 2.40. The number of rotatable bonds is 4. The molecule has 0 saturated carbocycles.